The summed E-state index contributed by atoms with van der Waals surface area (Å²) in [7, 11) is 0. The van der Waals surface area contributed by atoms with Gasteiger partial charge < -0.3 is 19.7 Å². The molecule has 1 aromatic rings. The van der Waals surface area contributed by atoms with Gasteiger partial charge in [0.05, 0.1) is 31.0 Å². The Morgan fingerprint density at radius 3 is 2.48 bits per heavy atom. The van der Waals surface area contributed by atoms with E-state index in [1.54, 1.807) is 6.20 Å². The Bertz CT molecular complexity index is 619. The fraction of sp³-hybridized carbons (Fsp3) is 0.700. The highest BCUT2D eigenvalue weighted by atomic mass is 16.5. The Balaban J connectivity index is 1.55. The number of aromatic nitrogens is 1. The number of ether oxygens (including phenoxy) is 2. The molecule has 0 unspecified atom stereocenters. The molecule has 2 aliphatic heterocycles. The molecule has 3 rings (SSSR count). The number of amides is 1. The minimum atomic E-state index is -0.136. The van der Waals surface area contributed by atoms with Crippen LogP contribution in [0.2, 0.25) is 0 Å². The highest BCUT2D eigenvalue weighted by Gasteiger charge is 2.33. The standard InChI is InChI=1S/C20H32N4O3/c1-15-12-24(13-16(2)27-15)20(3,4)14-22-19(25)17-5-6-18(21-11-17)23-7-9-26-10-8-23/h5-6,11,15-16H,7-10,12-14H2,1-4H3,(H,22,25)/t15-,16-/m0/s1. The minimum Gasteiger partial charge on any atom is -0.378 e. The topological polar surface area (TPSA) is 66.9 Å². The molecule has 0 spiro atoms. The predicted molar refractivity (Wildman–Crippen MR) is 105 cm³/mol. The maximum absolute atomic E-state index is 12.6. The summed E-state index contributed by atoms with van der Waals surface area (Å²) in [5, 5.41) is 3.07. The summed E-state index contributed by atoms with van der Waals surface area (Å²) < 4.78 is 11.2. The SMILES string of the molecule is C[C@H]1CN(C(C)(C)CNC(=O)c2ccc(N3CCOCC3)nc2)C[C@H](C)O1. The average Bonchev–Trinajstić information content (AvgIpc) is 2.66. The van der Waals surface area contributed by atoms with Gasteiger partial charge in [-0.3, -0.25) is 9.69 Å². The van der Waals surface area contributed by atoms with E-state index in [1.165, 1.54) is 0 Å². The lowest BCUT2D eigenvalue weighted by molar-refractivity contribution is -0.0948. The molecule has 0 aliphatic carbocycles. The van der Waals surface area contributed by atoms with Gasteiger partial charge in [-0.15, -0.1) is 0 Å². The molecule has 2 saturated heterocycles. The van der Waals surface area contributed by atoms with E-state index in [2.05, 4.69) is 47.8 Å². The highest BCUT2D eigenvalue weighted by molar-refractivity contribution is 5.94. The quantitative estimate of drug-likeness (QED) is 0.841. The molecule has 0 radical (unpaired) electrons. The number of nitrogens with zero attached hydrogens (tertiary/aromatic N) is 3. The largest absolute Gasteiger partial charge is 0.378 e. The van der Waals surface area contributed by atoms with Crippen LogP contribution >= 0.6 is 0 Å². The fourth-order valence-corrected chi connectivity index (χ4v) is 3.68. The van der Waals surface area contributed by atoms with Gasteiger partial charge in [-0.2, -0.15) is 0 Å². The van der Waals surface area contributed by atoms with E-state index < -0.39 is 0 Å². The molecule has 3 heterocycles. The van der Waals surface area contributed by atoms with E-state index in [4.69, 9.17) is 9.47 Å². The zero-order valence-electron chi connectivity index (χ0n) is 16.9. The first-order valence-electron chi connectivity index (χ1n) is 9.82. The number of morpholine rings is 2. The molecule has 2 fully saturated rings. The molecule has 150 valence electrons. The second-order valence-electron chi connectivity index (χ2n) is 8.16. The van der Waals surface area contributed by atoms with Crippen molar-refractivity contribution in [3.8, 4) is 0 Å². The van der Waals surface area contributed by atoms with Gasteiger partial charge in [-0.1, -0.05) is 0 Å². The Hall–Kier alpha value is -1.70. The number of pyridine rings is 1. The van der Waals surface area contributed by atoms with Gasteiger partial charge >= 0.3 is 0 Å². The molecule has 7 nitrogen and oxygen atoms in total. The Morgan fingerprint density at radius 2 is 1.89 bits per heavy atom. The molecule has 1 amide bonds. The molecule has 2 atom stereocenters. The maximum Gasteiger partial charge on any atom is 0.252 e. The number of carbonyl (C=O) groups is 1. The van der Waals surface area contributed by atoms with E-state index in [-0.39, 0.29) is 23.7 Å². The summed E-state index contributed by atoms with van der Waals surface area (Å²) in [4.78, 5) is 21.6. The summed E-state index contributed by atoms with van der Waals surface area (Å²) in [6.45, 7) is 14.0. The third kappa shape index (κ3) is 5.18. The molecule has 1 aromatic heterocycles. The van der Waals surface area contributed by atoms with Crippen LogP contribution in [0.15, 0.2) is 18.3 Å². The van der Waals surface area contributed by atoms with Crippen molar-refractivity contribution in [3.05, 3.63) is 23.9 Å². The van der Waals surface area contributed by atoms with Crippen molar-refractivity contribution in [1.29, 1.82) is 0 Å². The van der Waals surface area contributed by atoms with Crippen LogP contribution in [0.5, 0.6) is 0 Å². The van der Waals surface area contributed by atoms with E-state index in [9.17, 15) is 4.79 Å². The van der Waals surface area contributed by atoms with Gasteiger partial charge in [0.2, 0.25) is 0 Å². The second-order valence-corrected chi connectivity index (χ2v) is 8.16. The molecule has 0 aromatic carbocycles. The molecule has 2 aliphatic rings. The van der Waals surface area contributed by atoms with Crippen molar-refractivity contribution in [2.24, 2.45) is 0 Å². The maximum atomic E-state index is 12.6. The van der Waals surface area contributed by atoms with Gasteiger partial charge in [0.15, 0.2) is 0 Å². The van der Waals surface area contributed by atoms with Gasteiger partial charge in [0, 0.05) is 44.5 Å². The Morgan fingerprint density at radius 1 is 1.22 bits per heavy atom. The van der Waals surface area contributed by atoms with Crippen molar-refractivity contribution in [2.45, 2.75) is 45.4 Å². The average molecular weight is 377 g/mol. The highest BCUT2D eigenvalue weighted by Crippen LogP contribution is 2.21. The Labute approximate surface area is 162 Å². The van der Waals surface area contributed by atoms with Crippen LogP contribution in [-0.4, -0.2) is 79.5 Å². The van der Waals surface area contributed by atoms with Crippen molar-refractivity contribution in [2.75, 3.05) is 50.8 Å². The number of hydrogen-bond donors (Lipinski definition) is 1. The lowest BCUT2D eigenvalue weighted by Gasteiger charge is -2.45. The first-order valence-corrected chi connectivity index (χ1v) is 9.82. The Kier molecular flexibility index (Phi) is 6.34. The molecule has 7 heteroatoms. The van der Waals surface area contributed by atoms with Crippen LogP contribution in [0.25, 0.3) is 0 Å². The van der Waals surface area contributed by atoms with Crippen LogP contribution in [-0.2, 0) is 9.47 Å². The van der Waals surface area contributed by atoms with Crippen molar-refractivity contribution < 1.29 is 14.3 Å². The van der Waals surface area contributed by atoms with Crippen LogP contribution in [0, 0.1) is 0 Å². The summed E-state index contributed by atoms with van der Waals surface area (Å²) >= 11 is 0. The van der Waals surface area contributed by atoms with E-state index in [1.807, 2.05) is 12.1 Å². The molecular formula is C20H32N4O3. The lowest BCUT2D eigenvalue weighted by Crippen LogP contribution is -2.58. The van der Waals surface area contributed by atoms with Crippen LogP contribution < -0.4 is 10.2 Å². The number of hydrogen-bond acceptors (Lipinski definition) is 6. The number of carbonyl (C=O) groups excluding carboxylic acids is 1. The zero-order chi connectivity index (χ0) is 19.4. The lowest BCUT2D eigenvalue weighted by atomic mass is 10.00. The van der Waals surface area contributed by atoms with Crippen LogP contribution in [0.4, 0.5) is 5.82 Å². The van der Waals surface area contributed by atoms with Gasteiger partial charge in [0.1, 0.15) is 5.82 Å². The molecule has 0 saturated carbocycles. The van der Waals surface area contributed by atoms with Gasteiger partial charge in [-0.05, 0) is 39.8 Å². The van der Waals surface area contributed by atoms with Crippen LogP contribution in [0.1, 0.15) is 38.1 Å². The molecule has 1 N–H and O–H groups in total. The molecule has 0 bridgehead atoms. The third-order valence-corrected chi connectivity index (χ3v) is 5.30. The summed E-state index contributed by atoms with van der Waals surface area (Å²) in [5.41, 5.74) is 0.454. The summed E-state index contributed by atoms with van der Waals surface area (Å²) in [6, 6.07) is 3.76. The number of nitrogens with one attached hydrogen (secondary N) is 1. The zero-order valence-corrected chi connectivity index (χ0v) is 16.9. The number of anilines is 1. The minimum absolute atomic E-state index is 0.0848. The smallest absolute Gasteiger partial charge is 0.252 e. The predicted octanol–water partition coefficient (Wildman–Crippen LogP) is 1.54. The fourth-order valence-electron chi connectivity index (χ4n) is 3.68. The van der Waals surface area contributed by atoms with Crippen molar-refractivity contribution in [3.63, 3.8) is 0 Å². The van der Waals surface area contributed by atoms with E-state index in [0.29, 0.717) is 12.1 Å². The second kappa shape index (κ2) is 8.54. The van der Waals surface area contributed by atoms with Gasteiger partial charge in [-0.25, -0.2) is 4.98 Å². The van der Waals surface area contributed by atoms with Crippen LogP contribution in [0.3, 0.4) is 0 Å². The summed E-state index contributed by atoms with van der Waals surface area (Å²) in [6.07, 6.45) is 2.08. The molecule has 27 heavy (non-hydrogen) atoms. The van der Waals surface area contributed by atoms with Crippen molar-refractivity contribution >= 4 is 11.7 Å². The van der Waals surface area contributed by atoms with Gasteiger partial charge in [0.25, 0.3) is 5.91 Å². The first-order chi connectivity index (χ1) is 12.8. The number of rotatable bonds is 5. The summed E-state index contributed by atoms with van der Waals surface area (Å²) in [5.74, 6) is 0.810. The van der Waals surface area contributed by atoms with E-state index >= 15 is 0 Å². The van der Waals surface area contributed by atoms with Crippen molar-refractivity contribution in [1.82, 2.24) is 15.2 Å². The van der Waals surface area contributed by atoms with E-state index in [0.717, 1.165) is 45.2 Å². The molecular weight excluding hydrogens is 344 g/mol. The first kappa shape index (κ1) is 20.0. The third-order valence-electron chi connectivity index (χ3n) is 5.30. The monoisotopic (exact) mass is 376 g/mol. The normalized spacial score (nSPS) is 24.7.